The Hall–Kier alpha value is -2.40. The molecule has 10 atom stereocenters. The number of nitrogens with two attached hydrogens (primary N) is 1. The first-order valence-electron chi connectivity index (χ1n) is 20.3. The normalized spacial score (nSPS) is 43.2. The minimum Gasteiger partial charge on any atom is -0.476 e. The van der Waals surface area contributed by atoms with Crippen molar-refractivity contribution >= 4 is 5.97 Å². The quantitative estimate of drug-likeness (QED) is 0.218. The van der Waals surface area contributed by atoms with Gasteiger partial charge in [0.2, 0.25) is 5.88 Å². The van der Waals surface area contributed by atoms with Gasteiger partial charge in [-0.05, 0) is 159 Å². The van der Waals surface area contributed by atoms with E-state index in [0.717, 1.165) is 25.7 Å². The Balaban J connectivity index is 1.15. The van der Waals surface area contributed by atoms with Crippen LogP contribution in [0.1, 0.15) is 132 Å². The molecule has 0 amide bonds. The lowest BCUT2D eigenvalue weighted by Gasteiger charge is -2.72. The van der Waals surface area contributed by atoms with Crippen molar-refractivity contribution in [1.29, 1.82) is 0 Å². The van der Waals surface area contributed by atoms with E-state index in [-0.39, 0.29) is 28.9 Å². The van der Waals surface area contributed by atoms with Crippen molar-refractivity contribution in [2.45, 2.75) is 137 Å². The Morgan fingerprint density at radius 3 is 2.40 bits per heavy atom. The summed E-state index contributed by atoms with van der Waals surface area (Å²) in [7, 11) is 0. The van der Waals surface area contributed by atoms with Crippen LogP contribution in [0.4, 0.5) is 0 Å². The minimum atomic E-state index is -0.686. The zero-order valence-corrected chi connectivity index (χ0v) is 32.4. The molecule has 1 unspecified atom stereocenters. The molecule has 274 valence electrons. The van der Waals surface area contributed by atoms with Gasteiger partial charge >= 0.3 is 5.97 Å². The molecule has 6 aliphatic rings. The molecule has 2 N–H and O–H groups in total. The van der Waals surface area contributed by atoms with Crippen molar-refractivity contribution in [3.8, 4) is 5.88 Å². The van der Waals surface area contributed by atoms with Crippen LogP contribution >= 0.6 is 0 Å². The van der Waals surface area contributed by atoms with Crippen molar-refractivity contribution < 1.29 is 14.3 Å². The van der Waals surface area contributed by atoms with Gasteiger partial charge in [0.1, 0.15) is 12.0 Å². The van der Waals surface area contributed by atoms with Crippen molar-refractivity contribution in [2.75, 3.05) is 13.2 Å². The molecule has 0 radical (unpaired) electrons. The fraction of sp³-hybridized carbons (Fsp3) is 0.733. The lowest BCUT2D eigenvalue weighted by Crippen LogP contribution is -2.67. The number of hydrogen-bond donors (Lipinski definition) is 1. The van der Waals surface area contributed by atoms with Crippen molar-refractivity contribution in [3.05, 3.63) is 59.8 Å². The van der Waals surface area contributed by atoms with E-state index in [1.165, 1.54) is 68.1 Å². The predicted octanol–water partition coefficient (Wildman–Crippen LogP) is 10.4. The zero-order chi connectivity index (χ0) is 35.7. The van der Waals surface area contributed by atoms with Crippen molar-refractivity contribution in [3.63, 3.8) is 0 Å². The molecule has 0 aliphatic heterocycles. The molecule has 1 aromatic rings. The minimum absolute atomic E-state index is 0.00483. The van der Waals surface area contributed by atoms with Crippen LogP contribution in [0.2, 0.25) is 0 Å². The van der Waals surface area contributed by atoms with Crippen LogP contribution in [-0.2, 0) is 9.53 Å². The molecule has 0 spiro atoms. The number of carbonyl (C=O) groups is 1. The zero-order valence-electron chi connectivity index (χ0n) is 32.4. The summed E-state index contributed by atoms with van der Waals surface area (Å²) in [5, 5.41) is 0. The molecule has 0 bridgehead atoms. The summed E-state index contributed by atoms with van der Waals surface area (Å²) < 4.78 is 11.8. The van der Waals surface area contributed by atoms with Gasteiger partial charge in [0, 0.05) is 17.8 Å². The lowest BCUT2D eigenvalue weighted by molar-refractivity contribution is -0.219. The number of carbonyl (C=O) groups excluding carboxylic acids is 1. The van der Waals surface area contributed by atoms with Crippen LogP contribution in [0.3, 0.4) is 0 Å². The molecular weight excluding hydrogens is 617 g/mol. The van der Waals surface area contributed by atoms with Crippen molar-refractivity contribution in [1.82, 2.24) is 4.98 Å². The monoisotopic (exact) mass is 683 g/mol. The second kappa shape index (κ2) is 12.6. The van der Waals surface area contributed by atoms with Crippen LogP contribution in [0.25, 0.3) is 0 Å². The lowest BCUT2D eigenvalue weighted by atomic mass is 9.33. The van der Waals surface area contributed by atoms with E-state index in [2.05, 4.69) is 65.3 Å². The number of allylic oxidation sites excluding steroid dienone is 5. The van der Waals surface area contributed by atoms with E-state index in [1.807, 2.05) is 25.1 Å². The average Bonchev–Trinajstić information content (AvgIpc) is 3.45. The fourth-order valence-electron chi connectivity index (χ4n) is 14.0. The topological polar surface area (TPSA) is 74.4 Å². The number of nitrogens with zero attached hydrogens (tertiary/aromatic N) is 1. The van der Waals surface area contributed by atoms with Crippen LogP contribution in [0.15, 0.2) is 59.8 Å². The summed E-state index contributed by atoms with van der Waals surface area (Å²) in [4.78, 5) is 17.8. The SMILES string of the molecule is C=C(CC)[C@@H]1CC[C@]2(N)CC[C@]3(C)[C@H](CC[C@@H]4[C@@]5(C)CC=C(C6=CCC(COc7ccccn7)(C(=O)OCC)CC6)C(C)(C)[C@@H]5CC[C@]43C)[C@@H]12. The number of hydrogen-bond acceptors (Lipinski definition) is 5. The van der Waals surface area contributed by atoms with E-state index in [4.69, 9.17) is 15.2 Å². The molecule has 5 nitrogen and oxygen atoms in total. The van der Waals surface area contributed by atoms with Crippen LogP contribution in [-0.4, -0.2) is 29.7 Å². The Morgan fingerprint density at radius 2 is 1.72 bits per heavy atom. The highest BCUT2D eigenvalue weighted by molar-refractivity contribution is 5.78. The molecule has 0 aromatic carbocycles. The Morgan fingerprint density at radius 1 is 0.920 bits per heavy atom. The molecule has 0 saturated heterocycles. The summed E-state index contributed by atoms with van der Waals surface area (Å²) in [6, 6.07) is 5.65. The van der Waals surface area contributed by atoms with E-state index in [0.29, 0.717) is 59.3 Å². The first-order valence-corrected chi connectivity index (χ1v) is 20.3. The van der Waals surface area contributed by atoms with E-state index < -0.39 is 5.41 Å². The van der Waals surface area contributed by atoms with Gasteiger partial charge in [-0.3, -0.25) is 4.79 Å². The molecule has 50 heavy (non-hydrogen) atoms. The second-order valence-corrected chi connectivity index (χ2v) is 19.0. The summed E-state index contributed by atoms with van der Waals surface area (Å²) in [6.07, 6.45) is 21.4. The number of rotatable bonds is 8. The van der Waals surface area contributed by atoms with E-state index >= 15 is 0 Å². The largest absolute Gasteiger partial charge is 0.476 e. The molecule has 5 heteroatoms. The first kappa shape index (κ1) is 36.0. The van der Waals surface area contributed by atoms with Crippen LogP contribution in [0.5, 0.6) is 5.88 Å². The predicted molar refractivity (Wildman–Crippen MR) is 202 cm³/mol. The molecule has 4 fully saturated rings. The van der Waals surface area contributed by atoms with Gasteiger partial charge in [-0.25, -0.2) is 4.98 Å². The Kier molecular flexibility index (Phi) is 9.09. The highest BCUT2D eigenvalue weighted by Gasteiger charge is 2.70. The molecule has 1 aromatic heterocycles. The third-order valence-corrected chi connectivity index (χ3v) is 16.9. The average molecular weight is 683 g/mol. The number of ether oxygens (including phenoxy) is 2. The number of aromatic nitrogens is 1. The summed E-state index contributed by atoms with van der Waals surface area (Å²) in [5.74, 6) is 3.66. The maximum Gasteiger partial charge on any atom is 0.315 e. The van der Waals surface area contributed by atoms with Crippen LogP contribution in [0, 0.1) is 56.7 Å². The Labute approximate surface area is 303 Å². The molecule has 4 saturated carbocycles. The van der Waals surface area contributed by atoms with Gasteiger partial charge in [-0.2, -0.15) is 0 Å². The van der Waals surface area contributed by atoms with Gasteiger partial charge in [0.25, 0.3) is 0 Å². The second-order valence-electron chi connectivity index (χ2n) is 19.0. The number of esters is 1. The fourth-order valence-corrected chi connectivity index (χ4v) is 14.0. The number of pyridine rings is 1. The van der Waals surface area contributed by atoms with Crippen molar-refractivity contribution in [2.24, 2.45) is 62.4 Å². The van der Waals surface area contributed by atoms with Gasteiger partial charge in [0.05, 0.1) is 6.61 Å². The molecular formula is C45H66N2O3. The van der Waals surface area contributed by atoms with E-state index in [9.17, 15) is 4.79 Å². The molecule has 6 aliphatic carbocycles. The number of fused-ring (bicyclic) bond motifs is 7. The van der Waals surface area contributed by atoms with Gasteiger partial charge in [-0.15, -0.1) is 0 Å². The third-order valence-electron chi connectivity index (χ3n) is 16.9. The standard InChI is InChI=1S/C45H66N2O3/c1-9-30(3)32-18-25-45(46)27-26-42(7)34(38(32)45)14-15-36-41(6)21-19-33(40(4,5)35(41)20-22-43(36,42)8)31-16-23-44(24-17-31,39(48)49-10-2)29-50-37-13-11-12-28-47-37/h11-13,16,19,28,32,34-36,38H,3,9-10,14-15,17-18,20-27,29,46H2,1-2,4-8H3/t32-,34+,35-,36+,38+,41-,42+,43+,44?,45-/m0/s1. The summed E-state index contributed by atoms with van der Waals surface area (Å²) in [6.45, 7) is 22.7. The summed E-state index contributed by atoms with van der Waals surface area (Å²) in [5.41, 5.74) is 12.1. The van der Waals surface area contributed by atoms with Crippen LogP contribution < -0.4 is 10.5 Å². The van der Waals surface area contributed by atoms with Gasteiger partial charge < -0.3 is 15.2 Å². The molecule has 7 rings (SSSR count). The maximum atomic E-state index is 13.4. The van der Waals surface area contributed by atoms with Gasteiger partial charge in [0.15, 0.2) is 0 Å². The Bertz CT molecular complexity index is 1550. The smallest absolute Gasteiger partial charge is 0.315 e. The highest BCUT2D eigenvalue weighted by Crippen LogP contribution is 2.76. The first-order chi connectivity index (χ1) is 23.7. The third kappa shape index (κ3) is 5.24. The molecule has 1 heterocycles. The van der Waals surface area contributed by atoms with E-state index in [1.54, 1.807) is 6.20 Å². The maximum absolute atomic E-state index is 13.4. The summed E-state index contributed by atoms with van der Waals surface area (Å²) >= 11 is 0. The highest BCUT2D eigenvalue weighted by atomic mass is 16.5. The van der Waals surface area contributed by atoms with Gasteiger partial charge in [-0.1, -0.05) is 71.9 Å².